The molecular formula is C15H22NO3P. The first-order chi connectivity index (χ1) is 9.58. The van der Waals surface area contributed by atoms with Crippen LogP contribution in [0.1, 0.15) is 38.0 Å². The smallest absolute Gasteiger partial charge is 0.231 e. The zero-order valence-corrected chi connectivity index (χ0v) is 13.0. The molecule has 2 atom stereocenters. The van der Waals surface area contributed by atoms with Crippen molar-refractivity contribution in [1.82, 2.24) is 4.90 Å². The Kier molecular flexibility index (Phi) is 5.00. The van der Waals surface area contributed by atoms with Crippen molar-refractivity contribution >= 4 is 13.3 Å². The first-order valence-corrected chi connectivity index (χ1v) is 9.02. The molecule has 1 aromatic rings. The molecule has 1 aliphatic rings. The average molecular weight is 295 g/mol. The van der Waals surface area contributed by atoms with Gasteiger partial charge in [-0.05, 0) is 12.0 Å². The zero-order valence-electron chi connectivity index (χ0n) is 12.1. The molecule has 110 valence electrons. The van der Waals surface area contributed by atoms with Crippen molar-refractivity contribution in [2.75, 3.05) is 19.3 Å². The summed E-state index contributed by atoms with van der Waals surface area (Å²) in [6.45, 7) is 4.61. The Bertz CT molecular complexity index is 503. The third-order valence-electron chi connectivity index (χ3n) is 3.63. The summed E-state index contributed by atoms with van der Waals surface area (Å²) in [6.07, 6.45) is 2.36. The number of carbonyl (C=O) groups is 1. The van der Waals surface area contributed by atoms with Crippen LogP contribution in [0, 0.1) is 0 Å². The predicted molar refractivity (Wildman–Crippen MR) is 79.9 cm³/mol. The van der Waals surface area contributed by atoms with Gasteiger partial charge in [0.05, 0.1) is 6.61 Å². The molecule has 0 N–H and O–H groups in total. The summed E-state index contributed by atoms with van der Waals surface area (Å²) < 4.78 is 18.9. The van der Waals surface area contributed by atoms with E-state index in [1.165, 1.54) is 6.92 Å². The Hall–Kier alpha value is -1.12. The molecule has 0 aliphatic carbocycles. The third-order valence-corrected chi connectivity index (χ3v) is 6.40. The van der Waals surface area contributed by atoms with E-state index in [1.807, 2.05) is 30.3 Å². The van der Waals surface area contributed by atoms with Crippen molar-refractivity contribution in [3.63, 3.8) is 0 Å². The largest absolute Gasteiger partial charge is 0.327 e. The van der Waals surface area contributed by atoms with Gasteiger partial charge >= 0.3 is 0 Å². The second kappa shape index (κ2) is 6.55. The highest BCUT2D eigenvalue weighted by Crippen LogP contribution is 2.65. The van der Waals surface area contributed by atoms with Crippen LogP contribution in [0.2, 0.25) is 0 Å². The molecule has 0 bridgehead atoms. The van der Waals surface area contributed by atoms with E-state index in [-0.39, 0.29) is 5.91 Å². The summed E-state index contributed by atoms with van der Waals surface area (Å²) >= 11 is 0. The molecule has 0 saturated carbocycles. The molecule has 4 nitrogen and oxygen atoms in total. The van der Waals surface area contributed by atoms with Gasteiger partial charge in [0, 0.05) is 19.6 Å². The highest BCUT2D eigenvalue weighted by atomic mass is 31.2. The maximum absolute atomic E-state index is 13.1. The van der Waals surface area contributed by atoms with E-state index in [2.05, 4.69) is 6.92 Å². The van der Waals surface area contributed by atoms with Crippen LogP contribution < -0.4 is 0 Å². The average Bonchev–Trinajstić information content (AvgIpc) is 2.78. The highest BCUT2D eigenvalue weighted by Gasteiger charge is 2.46. The van der Waals surface area contributed by atoms with Crippen molar-refractivity contribution in [3.05, 3.63) is 35.9 Å². The lowest BCUT2D eigenvalue weighted by Gasteiger charge is -2.27. The zero-order chi connectivity index (χ0) is 14.6. The minimum atomic E-state index is -2.84. The van der Waals surface area contributed by atoms with Gasteiger partial charge in [0.1, 0.15) is 5.78 Å². The van der Waals surface area contributed by atoms with Gasteiger partial charge in [-0.3, -0.25) is 9.36 Å². The van der Waals surface area contributed by atoms with Gasteiger partial charge in [-0.25, -0.2) is 0 Å². The van der Waals surface area contributed by atoms with Gasteiger partial charge in [0.15, 0.2) is 0 Å². The van der Waals surface area contributed by atoms with Crippen LogP contribution >= 0.6 is 7.37 Å². The van der Waals surface area contributed by atoms with Gasteiger partial charge in [0.2, 0.25) is 13.3 Å². The van der Waals surface area contributed by atoms with Gasteiger partial charge < -0.3 is 9.42 Å². The normalized spacial score (nSPS) is 25.9. The fraction of sp³-hybridized carbons (Fsp3) is 0.533. The van der Waals surface area contributed by atoms with E-state index >= 15 is 0 Å². The Morgan fingerprint density at radius 2 is 2.10 bits per heavy atom. The standard InChI is InChI=1S/C15H22NO3P/c1-3-4-11-19-20(18)12-10-16(13(2)17)15(20)14-8-6-5-7-9-14/h5-9,15H,3-4,10-12H2,1-2H3. The Labute approximate surface area is 120 Å². The number of benzene rings is 1. The summed E-state index contributed by atoms with van der Waals surface area (Å²) in [7, 11) is -2.84. The van der Waals surface area contributed by atoms with Crippen LogP contribution in [0.3, 0.4) is 0 Å². The molecule has 1 aromatic carbocycles. The van der Waals surface area contributed by atoms with Gasteiger partial charge in [0.25, 0.3) is 0 Å². The third kappa shape index (κ3) is 3.13. The molecule has 5 heteroatoms. The second-order valence-electron chi connectivity index (χ2n) is 5.13. The molecule has 0 spiro atoms. The predicted octanol–water partition coefficient (Wildman–Crippen LogP) is 3.64. The lowest BCUT2D eigenvalue weighted by molar-refractivity contribution is -0.129. The quantitative estimate of drug-likeness (QED) is 0.615. The number of carbonyl (C=O) groups excluding carboxylic acids is 1. The van der Waals surface area contributed by atoms with Gasteiger partial charge in [-0.15, -0.1) is 0 Å². The van der Waals surface area contributed by atoms with Crippen LogP contribution in [0.15, 0.2) is 30.3 Å². The van der Waals surface area contributed by atoms with Crippen LogP contribution in [-0.2, 0) is 13.9 Å². The van der Waals surface area contributed by atoms with Crippen LogP contribution in [0.25, 0.3) is 0 Å². The maximum Gasteiger partial charge on any atom is 0.231 e. The fourth-order valence-electron chi connectivity index (χ4n) is 2.56. The summed E-state index contributed by atoms with van der Waals surface area (Å²) in [5.41, 5.74) is 0.903. The van der Waals surface area contributed by atoms with Gasteiger partial charge in [-0.1, -0.05) is 43.7 Å². The first kappa shape index (κ1) is 15.3. The van der Waals surface area contributed by atoms with Crippen LogP contribution in [0.4, 0.5) is 0 Å². The molecule has 1 heterocycles. The topological polar surface area (TPSA) is 46.6 Å². The van der Waals surface area contributed by atoms with Crippen molar-refractivity contribution in [1.29, 1.82) is 0 Å². The molecule has 1 saturated heterocycles. The minimum absolute atomic E-state index is 0.0457. The lowest BCUT2D eigenvalue weighted by Crippen LogP contribution is -2.28. The Balaban J connectivity index is 2.27. The summed E-state index contributed by atoms with van der Waals surface area (Å²) in [5.74, 6) is -0.464. The van der Waals surface area contributed by atoms with E-state index in [0.717, 1.165) is 18.4 Å². The van der Waals surface area contributed by atoms with Crippen LogP contribution in [0.5, 0.6) is 0 Å². The summed E-state index contributed by atoms with van der Waals surface area (Å²) in [4.78, 5) is 13.5. The number of amides is 1. The molecule has 0 aromatic heterocycles. The van der Waals surface area contributed by atoms with E-state index < -0.39 is 13.2 Å². The molecule has 20 heavy (non-hydrogen) atoms. The molecule has 1 fully saturated rings. The molecule has 1 amide bonds. The summed E-state index contributed by atoms with van der Waals surface area (Å²) in [6, 6.07) is 9.56. The number of unbranched alkanes of at least 4 members (excludes halogenated alkanes) is 1. The molecule has 1 aliphatic heterocycles. The number of hydrogen-bond donors (Lipinski definition) is 0. The number of rotatable bonds is 5. The second-order valence-corrected chi connectivity index (χ2v) is 7.78. The Morgan fingerprint density at radius 1 is 1.40 bits per heavy atom. The van der Waals surface area contributed by atoms with E-state index in [9.17, 15) is 9.36 Å². The summed E-state index contributed by atoms with van der Waals surface area (Å²) in [5, 5.41) is 0. The van der Waals surface area contributed by atoms with Gasteiger partial charge in [-0.2, -0.15) is 0 Å². The van der Waals surface area contributed by atoms with Crippen LogP contribution in [-0.4, -0.2) is 30.1 Å². The first-order valence-electron chi connectivity index (χ1n) is 7.14. The van der Waals surface area contributed by atoms with Crippen molar-refractivity contribution in [3.8, 4) is 0 Å². The maximum atomic E-state index is 13.1. The monoisotopic (exact) mass is 295 g/mol. The molecular weight excluding hydrogens is 273 g/mol. The van der Waals surface area contributed by atoms with Crippen molar-refractivity contribution < 1.29 is 13.9 Å². The SMILES string of the molecule is CCCCOP1(=O)CCN(C(C)=O)C1c1ccccc1. The molecule has 2 unspecified atom stereocenters. The highest BCUT2D eigenvalue weighted by molar-refractivity contribution is 7.59. The van der Waals surface area contributed by atoms with E-state index in [0.29, 0.717) is 19.3 Å². The molecule has 2 rings (SSSR count). The lowest BCUT2D eigenvalue weighted by atomic mass is 10.2. The number of hydrogen-bond acceptors (Lipinski definition) is 3. The fourth-order valence-corrected chi connectivity index (χ4v) is 5.34. The minimum Gasteiger partial charge on any atom is -0.327 e. The van der Waals surface area contributed by atoms with E-state index in [4.69, 9.17) is 4.52 Å². The number of nitrogens with zero attached hydrogens (tertiary/aromatic N) is 1. The van der Waals surface area contributed by atoms with Crippen molar-refractivity contribution in [2.45, 2.75) is 32.5 Å². The van der Waals surface area contributed by atoms with Crippen molar-refractivity contribution in [2.24, 2.45) is 0 Å². The molecule has 0 radical (unpaired) electrons. The van der Waals surface area contributed by atoms with E-state index in [1.54, 1.807) is 4.90 Å². The Morgan fingerprint density at radius 3 is 2.70 bits per heavy atom.